The van der Waals surface area contributed by atoms with Crippen molar-refractivity contribution in [2.45, 2.75) is 51.7 Å². The zero-order chi connectivity index (χ0) is 13.1. The molecule has 3 unspecified atom stereocenters. The first-order chi connectivity index (χ1) is 7.87. The second-order valence-electron chi connectivity index (χ2n) is 5.80. The standard InChI is InChI=1S/C13H26N2O2/c1-9-5-10(2)7-11(6-9)17-8-13(3,15-4)12(14)16/h9-11,15H,5-8H2,1-4H3,(H2,14,16). The summed E-state index contributed by atoms with van der Waals surface area (Å²) in [5.41, 5.74) is 4.61. The van der Waals surface area contributed by atoms with Crippen LogP contribution < -0.4 is 11.1 Å². The van der Waals surface area contributed by atoms with Crippen molar-refractivity contribution in [1.29, 1.82) is 0 Å². The Labute approximate surface area is 104 Å². The highest BCUT2D eigenvalue weighted by Crippen LogP contribution is 2.30. The third-order valence-electron chi connectivity index (χ3n) is 3.84. The van der Waals surface area contributed by atoms with Crippen LogP contribution in [0.25, 0.3) is 0 Å². The SMILES string of the molecule is CNC(C)(COC1CC(C)CC(C)C1)C(N)=O. The molecule has 0 radical (unpaired) electrons. The van der Waals surface area contributed by atoms with Crippen LogP contribution in [0.15, 0.2) is 0 Å². The van der Waals surface area contributed by atoms with Crippen LogP contribution >= 0.6 is 0 Å². The lowest BCUT2D eigenvalue weighted by Gasteiger charge is -2.34. The molecule has 0 bridgehead atoms. The summed E-state index contributed by atoms with van der Waals surface area (Å²) in [5, 5.41) is 2.94. The van der Waals surface area contributed by atoms with Crippen LogP contribution in [0.2, 0.25) is 0 Å². The molecule has 0 spiro atoms. The average Bonchev–Trinajstić information content (AvgIpc) is 2.24. The fourth-order valence-corrected chi connectivity index (χ4v) is 2.56. The van der Waals surface area contributed by atoms with Gasteiger partial charge in [0.25, 0.3) is 0 Å². The zero-order valence-corrected chi connectivity index (χ0v) is 11.5. The molecule has 0 aliphatic heterocycles. The number of rotatable bonds is 5. The second kappa shape index (κ2) is 5.83. The van der Waals surface area contributed by atoms with Crippen LogP contribution in [0.5, 0.6) is 0 Å². The summed E-state index contributed by atoms with van der Waals surface area (Å²) in [7, 11) is 1.74. The molecule has 1 aliphatic carbocycles. The zero-order valence-electron chi connectivity index (χ0n) is 11.5. The highest BCUT2D eigenvalue weighted by atomic mass is 16.5. The number of nitrogens with two attached hydrogens (primary N) is 1. The summed E-state index contributed by atoms with van der Waals surface area (Å²) < 4.78 is 5.88. The molecule has 3 N–H and O–H groups in total. The van der Waals surface area contributed by atoms with Gasteiger partial charge in [-0.05, 0) is 45.1 Å². The van der Waals surface area contributed by atoms with Crippen molar-refractivity contribution in [3.05, 3.63) is 0 Å². The van der Waals surface area contributed by atoms with E-state index in [2.05, 4.69) is 19.2 Å². The predicted octanol–water partition coefficient (Wildman–Crippen LogP) is 1.29. The van der Waals surface area contributed by atoms with E-state index in [4.69, 9.17) is 10.5 Å². The molecule has 3 atom stereocenters. The first-order valence-corrected chi connectivity index (χ1v) is 6.47. The number of carbonyl (C=O) groups excluding carboxylic acids is 1. The minimum absolute atomic E-state index is 0.265. The molecule has 1 amide bonds. The van der Waals surface area contributed by atoms with Gasteiger partial charge in [-0.2, -0.15) is 0 Å². The highest BCUT2D eigenvalue weighted by molar-refractivity contribution is 5.84. The summed E-state index contributed by atoms with van der Waals surface area (Å²) in [5.74, 6) is 1.05. The maximum Gasteiger partial charge on any atom is 0.239 e. The van der Waals surface area contributed by atoms with Crippen molar-refractivity contribution in [1.82, 2.24) is 5.32 Å². The Bertz CT molecular complexity index is 260. The van der Waals surface area contributed by atoms with Crippen LogP contribution in [-0.4, -0.2) is 31.2 Å². The van der Waals surface area contributed by atoms with Gasteiger partial charge in [0.15, 0.2) is 0 Å². The molecular weight excluding hydrogens is 216 g/mol. The van der Waals surface area contributed by atoms with Gasteiger partial charge >= 0.3 is 0 Å². The van der Waals surface area contributed by atoms with Gasteiger partial charge in [-0.15, -0.1) is 0 Å². The Morgan fingerprint density at radius 2 is 1.88 bits per heavy atom. The number of ether oxygens (including phenoxy) is 1. The van der Waals surface area contributed by atoms with Crippen molar-refractivity contribution in [2.75, 3.05) is 13.7 Å². The molecule has 1 aliphatic rings. The normalized spacial score (nSPS) is 33.1. The summed E-state index contributed by atoms with van der Waals surface area (Å²) in [6.45, 7) is 6.66. The number of primary amides is 1. The quantitative estimate of drug-likeness (QED) is 0.763. The fraction of sp³-hybridized carbons (Fsp3) is 0.923. The third-order valence-corrected chi connectivity index (χ3v) is 3.84. The van der Waals surface area contributed by atoms with Crippen molar-refractivity contribution >= 4 is 5.91 Å². The lowest BCUT2D eigenvalue weighted by Crippen LogP contribution is -2.55. The molecule has 4 heteroatoms. The molecule has 100 valence electrons. The molecule has 0 heterocycles. The minimum Gasteiger partial charge on any atom is -0.376 e. The van der Waals surface area contributed by atoms with E-state index in [1.165, 1.54) is 6.42 Å². The molecule has 1 rings (SSSR count). The minimum atomic E-state index is -0.760. The second-order valence-corrected chi connectivity index (χ2v) is 5.80. The van der Waals surface area contributed by atoms with E-state index < -0.39 is 5.54 Å². The largest absolute Gasteiger partial charge is 0.376 e. The molecule has 0 aromatic carbocycles. The monoisotopic (exact) mass is 242 g/mol. The van der Waals surface area contributed by atoms with E-state index >= 15 is 0 Å². The summed E-state index contributed by atoms with van der Waals surface area (Å²) in [4.78, 5) is 11.3. The van der Waals surface area contributed by atoms with Gasteiger partial charge in [0.2, 0.25) is 5.91 Å². The van der Waals surface area contributed by atoms with Crippen LogP contribution in [0.3, 0.4) is 0 Å². The Morgan fingerprint density at radius 3 is 2.29 bits per heavy atom. The molecule has 0 aromatic rings. The first-order valence-electron chi connectivity index (χ1n) is 6.47. The van der Waals surface area contributed by atoms with Gasteiger partial charge < -0.3 is 15.8 Å². The summed E-state index contributed by atoms with van der Waals surface area (Å²) >= 11 is 0. The first kappa shape index (κ1) is 14.5. The molecular formula is C13H26N2O2. The van der Waals surface area contributed by atoms with Crippen molar-refractivity contribution < 1.29 is 9.53 Å². The van der Waals surface area contributed by atoms with Gasteiger partial charge in [-0.3, -0.25) is 4.79 Å². The smallest absolute Gasteiger partial charge is 0.239 e. The van der Waals surface area contributed by atoms with Crippen molar-refractivity contribution in [3.63, 3.8) is 0 Å². The third kappa shape index (κ3) is 3.96. The Morgan fingerprint density at radius 1 is 1.35 bits per heavy atom. The summed E-state index contributed by atoms with van der Waals surface area (Å²) in [6.07, 6.45) is 3.71. The number of amides is 1. The van der Waals surface area contributed by atoms with E-state index in [0.717, 1.165) is 12.8 Å². The van der Waals surface area contributed by atoms with E-state index in [0.29, 0.717) is 18.4 Å². The lowest BCUT2D eigenvalue weighted by molar-refractivity contribution is -0.128. The lowest BCUT2D eigenvalue weighted by atomic mass is 9.81. The number of hydrogen-bond acceptors (Lipinski definition) is 3. The molecule has 1 fully saturated rings. The molecule has 0 aromatic heterocycles. The predicted molar refractivity (Wildman–Crippen MR) is 68.6 cm³/mol. The van der Waals surface area contributed by atoms with Gasteiger partial charge in [-0.25, -0.2) is 0 Å². The topological polar surface area (TPSA) is 64.3 Å². The van der Waals surface area contributed by atoms with Crippen LogP contribution in [0.4, 0.5) is 0 Å². The van der Waals surface area contributed by atoms with Crippen LogP contribution in [0.1, 0.15) is 40.0 Å². The van der Waals surface area contributed by atoms with E-state index in [1.807, 2.05) is 0 Å². The Kier molecular flexibility index (Phi) is 4.95. The highest BCUT2D eigenvalue weighted by Gasteiger charge is 2.32. The number of nitrogens with one attached hydrogen (secondary N) is 1. The molecule has 17 heavy (non-hydrogen) atoms. The van der Waals surface area contributed by atoms with E-state index in [1.54, 1.807) is 14.0 Å². The average molecular weight is 242 g/mol. The Balaban J connectivity index is 2.46. The maximum absolute atomic E-state index is 11.3. The van der Waals surface area contributed by atoms with Gasteiger partial charge in [0.05, 0.1) is 12.7 Å². The number of likely N-dealkylation sites (N-methyl/N-ethyl adjacent to an activating group) is 1. The van der Waals surface area contributed by atoms with Crippen molar-refractivity contribution in [3.8, 4) is 0 Å². The Hall–Kier alpha value is -0.610. The fourth-order valence-electron chi connectivity index (χ4n) is 2.56. The van der Waals surface area contributed by atoms with Gasteiger partial charge in [0, 0.05) is 0 Å². The van der Waals surface area contributed by atoms with Crippen LogP contribution in [0, 0.1) is 11.8 Å². The number of carbonyl (C=O) groups is 1. The number of hydrogen-bond donors (Lipinski definition) is 2. The van der Waals surface area contributed by atoms with Gasteiger partial charge in [0.1, 0.15) is 5.54 Å². The maximum atomic E-state index is 11.3. The summed E-state index contributed by atoms with van der Waals surface area (Å²) in [6, 6.07) is 0. The molecule has 1 saturated carbocycles. The van der Waals surface area contributed by atoms with Gasteiger partial charge in [-0.1, -0.05) is 13.8 Å². The van der Waals surface area contributed by atoms with Crippen molar-refractivity contribution in [2.24, 2.45) is 17.6 Å². The van der Waals surface area contributed by atoms with E-state index in [-0.39, 0.29) is 12.0 Å². The molecule has 4 nitrogen and oxygen atoms in total. The molecule has 0 saturated heterocycles. The van der Waals surface area contributed by atoms with E-state index in [9.17, 15) is 4.79 Å². The van der Waals surface area contributed by atoms with Crippen LogP contribution in [-0.2, 0) is 9.53 Å².